The van der Waals surface area contributed by atoms with E-state index in [0.29, 0.717) is 25.0 Å². The molecule has 0 aromatic rings. The molecule has 0 aromatic carbocycles. The van der Waals surface area contributed by atoms with Crippen molar-refractivity contribution in [1.29, 1.82) is 0 Å². The normalized spacial score (nSPS) is 47.6. The third-order valence-electron chi connectivity index (χ3n) is 19.1. The maximum Gasteiger partial charge on any atom is 0.338 e. The summed E-state index contributed by atoms with van der Waals surface area (Å²) >= 11 is 0. The summed E-state index contributed by atoms with van der Waals surface area (Å²) in [5.74, 6) is -6.46. The van der Waals surface area contributed by atoms with Gasteiger partial charge < -0.3 is 64.1 Å². The van der Waals surface area contributed by atoms with Crippen LogP contribution in [0, 0.1) is 52.3 Å². The van der Waals surface area contributed by atoms with Crippen LogP contribution in [0.1, 0.15) is 134 Å². The molecular weight excluding hydrogens is 960 g/mol. The summed E-state index contributed by atoms with van der Waals surface area (Å²) < 4.78 is 47.0. The molecule has 17 nitrogen and oxygen atoms in total. The number of nitrogens with zero attached hydrogens (tertiary/aromatic N) is 2. The number of likely N-dealkylation sites (N-methyl/N-ethyl adjacent to an activating group) is 2. The van der Waals surface area contributed by atoms with Gasteiger partial charge in [-0.2, -0.15) is 0 Å². The molecule has 6 unspecified atom stereocenters. The zero-order valence-electron chi connectivity index (χ0n) is 46.5. The number of aliphatic hydroxyl groups excluding tert-OH is 3. The molecule has 0 spiro atoms. The van der Waals surface area contributed by atoms with Crippen LogP contribution in [0.15, 0.2) is 23.8 Å². The third kappa shape index (κ3) is 11.3. The van der Waals surface area contributed by atoms with E-state index in [0.717, 1.165) is 0 Å². The van der Waals surface area contributed by atoms with E-state index in [2.05, 4.69) is 0 Å². The lowest BCUT2D eigenvalue weighted by atomic mass is 9.46. The summed E-state index contributed by atoms with van der Waals surface area (Å²) in [5.41, 5.74) is -7.12. The van der Waals surface area contributed by atoms with Gasteiger partial charge in [0.15, 0.2) is 23.8 Å². The fraction of sp³-hybridized carbons (Fsp3) is 0.857. The molecule has 0 radical (unpaired) electrons. The highest BCUT2D eigenvalue weighted by Crippen LogP contribution is 2.68. The van der Waals surface area contributed by atoms with E-state index in [9.17, 15) is 49.8 Å². The van der Waals surface area contributed by atoms with Crippen molar-refractivity contribution in [3.05, 3.63) is 23.8 Å². The Morgan fingerprint density at radius 3 is 2.24 bits per heavy atom. The van der Waals surface area contributed by atoms with E-state index in [1.807, 2.05) is 44.7 Å². The number of ether oxygens (including phenoxy) is 5. The summed E-state index contributed by atoms with van der Waals surface area (Å²) in [4.78, 5) is 57.7. The molecule has 0 aromatic heterocycles. The van der Waals surface area contributed by atoms with E-state index in [1.54, 1.807) is 54.7 Å². The van der Waals surface area contributed by atoms with Crippen LogP contribution in [0.3, 0.4) is 0 Å². The molecule has 6 N–H and O–H groups in total. The van der Waals surface area contributed by atoms with Crippen molar-refractivity contribution in [3.8, 4) is 0 Å². The van der Waals surface area contributed by atoms with Crippen molar-refractivity contribution in [2.45, 2.75) is 218 Å². The predicted octanol–water partition coefficient (Wildman–Crippen LogP) is 4.44. The first-order valence-corrected chi connectivity index (χ1v) is 27.3. The van der Waals surface area contributed by atoms with Crippen molar-refractivity contribution in [3.63, 3.8) is 0 Å². The van der Waals surface area contributed by atoms with Crippen LogP contribution in [-0.4, -0.2) is 183 Å². The number of fused-ring (bicyclic) bond motifs is 5. The Morgan fingerprint density at radius 2 is 1.61 bits per heavy atom. The van der Waals surface area contributed by atoms with Gasteiger partial charge in [-0.1, -0.05) is 47.6 Å². The Balaban J connectivity index is 1.13. The largest absolute Gasteiger partial charge is 0.464 e. The molecular formula is C56H91FN2O15. The Labute approximate surface area is 438 Å². The van der Waals surface area contributed by atoms with Gasteiger partial charge in [0.2, 0.25) is 0 Å². The summed E-state index contributed by atoms with van der Waals surface area (Å²) in [7, 11) is 5.49. The zero-order chi connectivity index (χ0) is 55.4. The minimum Gasteiger partial charge on any atom is -0.464 e. The highest BCUT2D eigenvalue weighted by molar-refractivity contribution is 6.01. The van der Waals surface area contributed by atoms with Gasteiger partial charge in [-0.05, 0) is 149 Å². The van der Waals surface area contributed by atoms with E-state index in [-0.39, 0.29) is 81.2 Å². The number of allylic oxidation sites excluding steroid dienone is 4. The molecule has 4 aliphatic carbocycles. The third-order valence-corrected chi connectivity index (χ3v) is 19.1. The summed E-state index contributed by atoms with van der Waals surface area (Å²) in [6, 6.07) is -0.996. The number of carbonyl (C=O) groups excluding carboxylic acids is 4. The molecule has 5 fully saturated rings. The fourth-order valence-corrected chi connectivity index (χ4v) is 14.8. The second-order valence-electron chi connectivity index (χ2n) is 24.9. The summed E-state index contributed by atoms with van der Waals surface area (Å²) in [6.45, 7) is 19.2. The van der Waals surface area contributed by atoms with Crippen LogP contribution in [0.5, 0.6) is 0 Å². The molecule has 6 aliphatic rings. The predicted molar refractivity (Wildman–Crippen MR) is 271 cm³/mol. The van der Waals surface area contributed by atoms with Crippen LogP contribution < -0.4 is 0 Å². The summed E-state index contributed by atoms with van der Waals surface area (Å²) in [6.07, 6.45) is -3.82. The Hall–Kier alpha value is -2.91. The van der Waals surface area contributed by atoms with Crippen LogP contribution >= 0.6 is 0 Å². The molecule has 74 heavy (non-hydrogen) atoms. The molecule has 6 rings (SSSR count). The van der Waals surface area contributed by atoms with E-state index >= 15 is 4.39 Å². The highest BCUT2D eigenvalue weighted by Gasteiger charge is 2.72. The molecule has 23 atom stereocenters. The van der Waals surface area contributed by atoms with Gasteiger partial charge in [0.1, 0.15) is 24.0 Å². The first kappa shape index (κ1) is 60.3. The first-order valence-electron chi connectivity index (χ1n) is 27.3. The Kier molecular flexibility index (Phi) is 18.6. The molecule has 2 saturated heterocycles. The number of rotatable bonds is 11. The minimum absolute atomic E-state index is 0.0726. The lowest BCUT2D eigenvalue weighted by Crippen LogP contribution is -2.63. The maximum absolute atomic E-state index is 15.9. The smallest absolute Gasteiger partial charge is 0.338 e. The molecule has 18 heteroatoms. The van der Waals surface area contributed by atoms with Gasteiger partial charge in [-0.15, -0.1) is 0 Å². The number of unbranched alkanes of at least 4 members (excludes halogenated alkanes) is 1. The van der Waals surface area contributed by atoms with Crippen LogP contribution in [-0.2, 0) is 42.9 Å². The molecule has 0 bridgehead atoms. The van der Waals surface area contributed by atoms with Crippen molar-refractivity contribution in [1.82, 2.24) is 9.80 Å². The monoisotopic (exact) mass is 1050 g/mol. The van der Waals surface area contributed by atoms with Crippen molar-refractivity contribution < 1.29 is 77.9 Å². The Morgan fingerprint density at radius 1 is 0.946 bits per heavy atom. The lowest BCUT2D eigenvalue weighted by Gasteiger charge is -2.59. The lowest BCUT2D eigenvalue weighted by molar-refractivity contribution is -0.301. The zero-order valence-corrected chi connectivity index (χ0v) is 46.5. The molecule has 3 saturated carbocycles. The maximum atomic E-state index is 15.9. The second kappa shape index (κ2) is 22.8. The van der Waals surface area contributed by atoms with Crippen LogP contribution in [0.4, 0.5) is 4.39 Å². The quantitative estimate of drug-likeness (QED) is 0.0952. The fourth-order valence-electron chi connectivity index (χ4n) is 14.8. The van der Waals surface area contributed by atoms with Gasteiger partial charge in [0.05, 0.1) is 48.6 Å². The summed E-state index contributed by atoms with van der Waals surface area (Å²) in [5, 5.41) is 71.6. The van der Waals surface area contributed by atoms with Crippen molar-refractivity contribution >= 4 is 23.7 Å². The van der Waals surface area contributed by atoms with Crippen molar-refractivity contribution in [2.24, 2.45) is 52.3 Å². The van der Waals surface area contributed by atoms with Gasteiger partial charge in [-0.3, -0.25) is 14.4 Å². The number of hydrogen-bond acceptors (Lipinski definition) is 17. The van der Waals surface area contributed by atoms with Gasteiger partial charge >= 0.3 is 17.9 Å². The van der Waals surface area contributed by atoms with Gasteiger partial charge in [0, 0.05) is 41.7 Å². The standard InChI is InChI=1S/C56H91FN2O15/c1-15-42-55(11,68)47(64)34(7)59(14)28-29(2)26-54(10,67)48(32(5)45(63)33(6)49(65)72-42)74-50-46(40(58(12)13)23-31(4)71-50)73-43(62)18-16-17-21-70-51(66)56(69)30(3)22-37-36-25-39(57)38-24-35(60)19-20-52(38,8)44(36)41(61)27-53(37,56)9/h19-20,24,29-34,36-37,39-42,44-48,50,61,63-64,67-69H,15-18,21-23,25-28H2,1-14H3/t29-,30-,31?,32+,33-,34-,36?,37?,39+,40-,41+,42-,44?,45+,46-,47-,48?,50?,52+,53+,54-,55-,56+/m1/s1. The number of esters is 3. The average molecular weight is 1050 g/mol. The van der Waals surface area contributed by atoms with Gasteiger partial charge in [-0.25, -0.2) is 9.18 Å². The van der Waals surface area contributed by atoms with E-state index < -0.39 is 130 Å². The number of ketones is 1. The molecule has 2 aliphatic heterocycles. The van der Waals surface area contributed by atoms with E-state index in [4.69, 9.17) is 23.7 Å². The number of carbonyl (C=O) groups is 4. The topological polar surface area (TPSA) is 242 Å². The Bertz CT molecular complexity index is 2090. The number of hydrogen-bond donors (Lipinski definition) is 6. The number of alkyl halides is 1. The number of aliphatic hydroxyl groups is 6. The second-order valence-corrected chi connectivity index (χ2v) is 24.9. The average Bonchev–Trinajstić information content (AvgIpc) is 3.52. The molecule has 422 valence electrons. The number of halogens is 1. The van der Waals surface area contributed by atoms with Gasteiger partial charge in [0.25, 0.3) is 0 Å². The van der Waals surface area contributed by atoms with Crippen LogP contribution in [0.2, 0.25) is 0 Å². The first-order chi connectivity index (χ1) is 34.3. The minimum atomic E-state index is -1.97. The molecule has 2 heterocycles. The molecule has 0 amide bonds. The number of cyclic esters (lactones) is 1. The highest BCUT2D eigenvalue weighted by atomic mass is 19.1. The van der Waals surface area contributed by atoms with Crippen molar-refractivity contribution in [2.75, 3.05) is 34.3 Å². The van der Waals surface area contributed by atoms with Crippen LogP contribution in [0.25, 0.3) is 0 Å². The SMILES string of the molecule is CC[C@H]1OC(=O)[C@H](C)[C@@H](O)[C@H](C)C(OC2OC(C)C[C@@H](N(C)C)[C@H]2OC(=O)CCCCOC(=O)[C@@]2(O)[C@H](C)CC3C4C[C@H](F)C5=CC(=O)C=C[C@]5(C)C4[C@@H](O)C[C@@]32C)[C@](C)(O)C[C@@H](C)CN(C)[C@H](C)[C@@H](O)[C@]1(C)O. The van der Waals surface area contributed by atoms with E-state index in [1.165, 1.54) is 26.0 Å².